The minimum Gasteiger partial charge on any atom is -0.311 e. The fraction of sp³-hybridized carbons (Fsp3) is 0.300. The summed E-state index contributed by atoms with van der Waals surface area (Å²) < 4.78 is 22.5. The molecule has 1 amide bonds. The molecule has 104 valence electrons. The predicted molar refractivity (Wildman–Crippen MR) is 75.3 cm³/mol. The molecule has 0 bridgehead atoms. The quantitative estimate of drug-likeness (QED) is 0.834. The van der Waals surface area contributed by atoms with Crippen LogP contribution in [0.2, 0.25) is 15.1 Å². The van der Waals surface area contributed by atoms with Gasteiger partial charge in [-0.2, -0.15) is 0 Å². The highest BCUT2D eigenvalue weighted by Crippen LogP contribution is 2.36. The number of nitrogens with two attached hydrogens (primary N) is 1. The molecule has 19 heavy (non-hydrogen) atoms. The lowest BCUT2D eigenvalue weighted by atomic mass is 10.3. The number of halogens is 3. The van der Waals surface area contributed by atoms with E-state index in [9.17, 15) is 13.2 Å². The van der Waals surface area contributed by atoms with E-state index >= 15 is 0 Å². The van der Waals surface area contributed by atoms with E-state index in [0.29, 0.717) is 5.69 Å². The zero-order valence-corrected chi connectivity index (χ0v) is 12.5. The number of amides is 1. The molecule has 1 fully saturated rings. The molecule has 0 aromatic heterocycles. The van der Waals surface area contributed by atoms with Crippen LogP contribution in [-0.2, 0) is 14.8 Å². The number of hydrogen-bond donors (Lipinski definition) is 1. The first-order valence-corrected chi connectivity index (χ1v) is 7.91. The van der Waals surface area contributed by atoms with Gasteiger partial charge in [0.15, 0.2) is 0 Å². The highest BCUT2D eigenvalue weighted by Gasteiger charge is 2.37. The largest absolute Gasteiger partial charge is 0.311 e. The maximum Gasteiger partial charge on any atom is 0.228 e. The van der Waals surface area contributed by atoms with E-state index in [4.69, 9.17) is 39.9 Å². The van der Waals surface area contributed by atoms with E-state index in [1.807, 2.05) is 0 Å². The Bertz CT molecular complexity index is 624. The normalized spacial score (nSPS) is 20.1. The molecule has 1 aromatic rings. The molecule has 0 aliphatic carbocycles. The van der Waals surface area contributed by atoms with Crippen LogP contribution < -0.4 is 10.0 Å². The summed E-state index contributed by atoms with van der Waals surface area (Å²) >= 11 is 17.6. The Morgan fingerprint density at radius 1 is 1.21 bits per heavy atom. The number of benzene rings is 1. The zero-order valence-electron chi connectivity index (χ0n) is 9.44. The van der Waals surface area contributed by atoms with Crippen LogP contribution in [0, 0.1) is 0 Å². The third kappa shape index (κ3) is 2.98. The zero-order chi connectivity index (χ0) is 14.4. The summed E-state index contributed by atoms with van der Waals surface area (Å²) in [6.45, 7) is -0.0219. The standard InChI is InChI=1S/C10H9Cl3N2O3S/c11-7-1-5(2-8(12)10(7)13)15-4-6(3-9(15)16)19(14,17)18/h1-2,6H,3-4H2,(H2,14,17,18). The van der Waals surface area contributed by atoms with E-state index in [2.05, 4.69) is 0 Å². The van der Waals surface area contributed by atoms with Crippen LogP contribution in [0.25, 0.3) is 0 Å². The maximum atomic E-state index is 11.8. The fourth-order valence-corrected chi connectivity index (χ4v) is 3.16. The van der Waals surface area contributed by atoms with Crippen molar-refractivity contribution >= 4 is 56.4 Å². The van der Waals surface area contributed by atoms with Gasteiger partial charge in [-0.1, -0.05) is 34.8 Å². The molecule has 1 atom stereocenters. The highest BCUT2D eigenvalue weighted by molar-refractivity contribution is 7.89. The number of primary sulfonamides is 1. The molecule has 2 rings (SSSR count). The number of carbonyl (C=O) groups is 1. The number of anilines is 1. The van der Waals surface area contributed by atoms with Gasteiger partial charge in [-0.05, 0) is 12.1 Å². The molecule has 0 saturated carbocycles. The van der Waals surface area contributed by atoms with E-state index in [1.54, 1.807) is 0 Å². The number of carbonyl (C=O) groups excluding carboxylic acids is 1. The summed E-state index contributed by atoms with van der Waals surface area (Å²) in [5.41, 5.74) is 0.399. The Hall–Kier alpha value is -0.530. The molecular weight excluding hydrogens is 335 g/mol. The van der Waals surface area contributed by atoms with Gasteiger partial charge in [-0.15, -0.1) is 0 Å². The van der Waals surface area contributed by atoms with E-state index < -0.39 is 15.3 Å². The van der Waals surface area contributed by atoms with Gasteiger partial charge in [0, 0.05) is 18.7 Å². The molecule has 1 aromatic carbocycles. The molecule has 0 spiro atoms. The molecule has 1 aliphatic heterocycles. The second-order valence-electron chi connectivity index (χ2n) is 4.14. The smallest absolute Gasteiger partial charge is 0.228 e. The minimum atomic E-state index is -3.76. The summed E-state index contributed by atoms with van der Waals surface area (Å²) in [5.74, 6) is -0.353. The van der Waals surface area contributed by atoms with Crippen LogP contribution in [0.1, 0.15) is 6.42 Å². The minimum absolute atomic E-state index is 0.0219. The first-order valence-electron chi connectivity index (χ1n) is 5.16. The van der Waals surface area contributed by atoms with Crippen molar-refractivity contribution in [2.24, 2.45) is 5.14 Å². The SMILES string of the molecule is NS(=O)(=O)C1CC(=O)N(c2cc(Cl)c(Cl)c(Cl)c2)C1. The van der Waals surface area contributed by atoms with E-state index in [-0.39, 0.29) is 33.9 Å². The number of sulfonamides is 1. The molecule has 0 radical (unpaired) electrons. The van der Waals surface area contributed by atoms with Gasteiger partial charge in [0.1, 0.15) is 5.25 Å². The Morgan fingerprint density at radius 3 is 2.16 bits per heavy atom. The third-order valence-corrected chi connectivity index (χ3v) is 5.28. The van der Waals surface area contributed by atoms with Crippen molar-refractivity contribution in [3.63, 3.8) is 0 Å². The first-order chi connectivity index (χ1) is 8.70. The van der Waals surface area contributed by atoms with Gasteiger partial charge < -0.3 is 4.90 Å². The molecule has 1 heterocycles. The van der Waals surface area contributed by atoms with Crippen LogP contribution in [0.3, 0.4) is 0 Å². The van der Waals surface area contributed by atoms with Crippen molar-refractivity contribution in [2.75, 3.05) is 11.4 Å². The maximum absolute atomic E-state index is 11.8. The number of nitrogens with zero attached hydrogens (tertiary/aromatic N) is 1. The Labute approximate surface area is 125 Å². The molecule has 9 heteroatoms. The Morgan fingerprint density at radius 2 is 1.74 bits per heavy atom. The molecular formula is C10H9Cl3N2O3S. The molecule has 5 nitrogen and oxygen atoms in total. The van der Waals surface area contributed by atoms with Crippen LogP contribution in [0.4, 0.5) is 5.69 Å². The average Bonchev–Trinajstić information content (AvgIpc) is 2.67. The summed E-state index contributed by atoms with van der Waals surface area (Å²) in [7, 11) is -3.76. The van der Waals surface area contributed by atoms with Gasteiger partial charge >= 0.3 is 0 Å². The molecule has 2 N–H and O–H groups in total. The van der Waals surface area contributed by atoms with Crippen molar-refractivity contribution in [1.29, 1.82) is 0 Å². The summed E-state index contributed by atoms with van der Waals surface area (Å²) in [4.78, 5) is 13.1. The molecule has 1 aliphatic rings. The van der Waals surface area contributed by atoms with Crippen LogP contribution in [-0.4, -0.2) is 26.1 Å². The number of hydrogen-bond acceptors (Lipinski definition) is 3. The lowest BCUT2D eigenvalue weighted by Crippen LogP contribution is -2.32. The topological polar surface area (TPSA) is 80.5 Å². The van der Waals surface area contributed by atoms with Crippen molar-refractivity contribution in [1.82, 2.24) is 0 Å². The number of rotatable bonds is 2. The van der Waals surface area contributed by atoms with Gasteiger partial charge in [0.25, 0.3) is 0 Å². The summed E-state index contributed by atoms with van der Waals surface area (Å²) in [5, 5.41) is 4.69. The van der Waals surface area contributed by atoms with Crippen molar-refractivity contribution < 1.29 is 13.2 Å². The van der Waals surface area contributed by atoms with E-state index in [1.165, 1.54) is 17.0 Å². The van der Waals surface area contributed by atoms with Crippen LogP contribution >= 0.6 is 34.8 Å². The first kappa shape index (κ1) is 14.9. The second kappa shape index (κ2) is 5.10. The van der Waals surface area contributed by atoms with Crippen LogP contribution in [0.15, 0.2) is 12.1 Å². The van der Waals surface area contributed by atoms with Gasteiger partial charge in [0.05, 0.1) is 15.1 Å². The monoisotopic (exact) mass is 342 g/mol. The predicted octanol–water partition coefficient (Wildman–Crippen LogP) is 2.04. The summed E-state index contributed by atoms with van der Waals surface area (Å²) in [6, 6.07) is 2.92. The van der Waals surface area contributed by atoms with Gasteiger partial charge in [-0.25, -0.2) is 13.6 Å². The lowest BCUT2D eigenvalue weighted by molar-refractivity contribution is -0.117. The summed E-state index contributed by atoms with van der Waals surface area (Å²) in [6.07, 6.45) is -0.156. The second-order valence-corrected chi connectivity index (χ2v) is 7.18. The Kier molecular flexibility index (Phi) is 3.99. The van der Waals surface area contributed by atoms with E-state index in [0.717, 1.165) is 0 Å². The van der Waals surface area contributed by atoms with Crippen molar-refractivity contribution in [3.05, 3.63) is 27.2 Å². The van der Waals surface area contributed by atoms with Gasteiger partial charge in [0.2, 0.25) is 15.9 Å². The lowest BCUT2D eigenvalue weighted by Gasteiger charge is -2.17. The fourth-order valence-electron chi connectivity index (χ4n) is 1.84. The average molecular weight is 344 g/mol. The molecule has 1 saturated heterocycles. The highest BCUT2D eigenvalue weighted by atomic mass is 35.5. The van der Waals surface area contributed by atoms with Crippen molar-refractivity contribution in [2.45, 2.75) is 11.7 Å². The van der Waals surface area contributed by atoms with Crippen molar-refractivity contribution in [3.8, 4) is 0 Å². The van der Waals surface area contributed by atoms with Gasteiger partial charge in [-0.3, -0.25) is 4.79 Å². The van der Waals surface area contributed by atoms with Crippen LogP contribution in [0.5, 0.6) is 0 Å². The Balaban J connectivity index is 2.36. The molecule has 1 unspecified atom stereocenters. The third-order valence-electron chi connectivity index (χ3n) is 2.83.